The van der Waals surface area contributed by atoms with Gasteiger partial charge in [-0.25, -0.2) is 8.78 Å². The maximum atomic E-state index is 13.9. The third kappa shape index (κ3) is 1.75. The third-order valence-electron chi connectivity index (χ3n) is 4.03. The molecule has 3 rings (SSSR count). The fraction of sp³-hybridized carbons (Fsp3) is 0.571. The van der Waals surface area contributed by atoms with Crippen molar-refractivity contribution < 1.29 is 18.6 Å². The van der Waals surface area contributed by atoms with Crippen LogP contribution in [0, 0.1) is 5.92 Å². The molecule has 0 bridgehead atoms. The summed E-state index contributed by atoms with van der Waals surface area (Å²) in [4.78, 5) is 0. The van der Waals surface area contributed by atoms with E-state index in [9.17, 15) is 13.9 Å². The molecule has 1 aromatic carbocycles. The Morgan fingerprint density at radius 2 is 1.83 bits per heavy atom. The number of aliphatic hydroxyl groups excluding tert-OH is 1. The van der Waals surface area contributed by atoms with Gasteiger partial charge in [-0.3, -0.25) is 0 Å². The first kappa shape index (κ1) is 12.1. The summed E-state index contributed by atoms with van der Waals surface area (Å²) in [6.07, 6.45) is 1.23. The fourth-order valence-corrected chi connectivity index (χ4v) is 2.43. The molecule has 0 spiro atoms. The van der Waals surface area contributed by atoms with Crippen LogP contribution < -0.4 is 0 Å². The standard InChI is InChI=1S/C14H16F2O2/c15-14(16,12-5-6-12)11-3-1-10(2-4-11)13(7-17)8-18-9-13/h1-4,12,17H,5-9H2. The van der Waals surface area contributed by atoms with Crippen LogP contribution in [0.5, 0.6) is 0 Å². The minimum atomic E-state index is -2.71. The van der Waals surface area contributed by atoms with Gasteiger partial charge in [-0.1, -0.05) is 24.3 Å². The highest BCUT2D eigenvalue weighted by molar-refractivity contribution is 5.33. The second-order valence-corrected chi connectivity index (χ2v) is 5.41. The molecule has 2 fully saturated rings. The molecule has 18 heavy (non-hydrogen) atoms. The molecule has 0 aromatic heterocycles. The minimum Gasteiger partial charge on any atom is -0.395 e. The summed E-state index contributed by atoms with van der Waals surface area (Å²) in [7, 11) is 0. The van der Waals surface area contributed by atoms with Crippen molar-refractivity contribution in [1.29, 1.82) is 0 Å². The summed E-state index contributed by atoms with van der Waals surface area (Å²) in [5.74, 6) is -3.19. The highest BCUT2D eigenvalue weighted by atomic mass is 19.3. The zero-order chi connectivity index (χ0) is 12.8. The minimum absolute atomic E-state index is 0.00857. The number of ether oxygens (including phenoxy) is 1. The maximum absolute atomic E-state index is 13.9. The number of alkyl halides is 2. The Kier molecular flexibility index (Phi) is 2.68. The molecular weight excluding hydrogens is 238 g/mol. The highest BCUT2D eigenvalue weighted by Crippen LogP contribution is 2.49. The van der Waals surface area contributed by atoms with Gasteiger partial charge in [-0.2, -0.15) is 0 Å². The van der Waals surface area contributed by atoms with Gasteiger partial charge in [0.1, 0.15) is 0 Å². The van der Waals surface area contributed by atoms with Crippen LogP contribution in [0.2, 0.25) is 0 Å². The normalized spacial score (nSPS) is 22.6. The van der Waals surface area contributed by atoms with Gasteiger partial charge in [0.05, 0.1) is 25.2 Å². The number of rotatable bonds is 4. The Morgan fingerprint density at radius 3 is 2.22 bits per heavy atom. The molecule has 1 saturated heterocycles. The summed E-state index contributed by atoms with van der Waals surface area (Å²) >= 11 is 0. The van der Waals surface area contributed by atoms with E-state index >= 15 is 0 Å². The van der Waals surface area contributed by atoms with Crippen LogP contribution in [-0.2, 0) is 16.1 Å². The van der Waals surface area contributed by atoms with E-state index in [1.165, 1.54) is 12.1 Å². The second-order valence-electron chi connectivity index (χ2n) is 5.41. The summed E-state index contributed by atoms with van der Waals surface area (Å²) in [6, 6.07) is 6.38. The van der Waals surface area contributed by atoms with Crippen molar-refractivity contribution in [3.05, 3.63) is 35.4 Å². The van der Waals surface area contributed by atoms with Crippen molar-refractivity contribution in [2.75, 3.05) is 19.8 Å². The molecule has 0 atom stereocenters. The Bertz CT molecular complexity index is 407. The van der Waals surface area contributed by atoms with E-state index in [-0.39, 0.29) is 17.6 Å². The van der Waals surface area contributed by atoms with Gasteiger partial charge in [0, 0.05) is 11.5 Å². The summed E-state index contributed by atoms with van der Waals surface area (Å²) in [6.45, 7) is 0.912. The van der Waals surface area contributed by atoms with Crippen LogP contribution >= 0.6 is 0 Å². The highest BCUT2D eigenvalue weighted by Gasteiger charge is 2.48. The first-order valence-corrected chi connectivity index (χ1v) is 6.26. The van der Waals surface area contributed by atoms with Crippen LogP contribution in [0.3, 0.4) is 0 Å². The Balaban J connectivity index is 1.85. The van der Waals surface area contributed by atoms with Gasteiger partial charge in [0.15, 0.2) is 0 Å². The van der Waals surface area contributed by atoms with Gasteiger partial charge in [-0.15, -0.1) is 0 Å². The number of aliphatic hydroxyl groups is 1. The third-order valence-corrected chi connectivity index (χ3v) is 4.03. The van der Waals surface area contributed by atoms with E-state index in [2.05, 4.69) is 0 Å². The van der Waals surface area contributed by atoms with Crippen molar-refractivity contribution in [2.45, 2.75) is 24.2 Å². The molecule has 2 nitrogen and oxygen atoms in total. The molecule has 4 heteroatoms. The first-order chi connectivity index (χ1) is 8.58. The second kappa shape index (κ2) is 4.00. The molecule has 0 amide bonds. The van der Waals surface area contributed by atoms with Gasteiger partial charge in [0.2, 0.25) is 0 Å². The topological polar surface area (TPSA) is 29.5 Å². The van der Waals surface area contributed by atoms with Crippen LogP contribution in [0.4, 0.5) is 8.78 Å². The molecule has 1 saturated carbocycles. The van der Waals surface area contributed by atoms with E-state index in [4.69, 9.17) is 4.74 Å². The van der Waals surface area contributed by atoms with E-state index in [1.807, 2.05) is 0 Å². The van der Waals surface area contributed by atoms with E-state index < -0.39 is 11.8 Å². The summed E-state index contributed by atoms with van der Waals surface area (Å²) < 4.78 is 32.9. The zero-order valence-corrected chi connectivity index (χ0v) is 10.0. The molecule has 0 radical (unpaired) electrons. The Morgan fingerprint density at radius 1 is 1.22 bits per heavy atom. The number of halogens is 2. The maximum Gasteiger partial charge on any atom is 0.276 e. The number of hydrogen-bond acceptors (Lipinski definition) is 2. The van der Waals surface area contributed by atoms with Crippen LogP contribution in [0.15, 0.2) is 24.3 Å². The van der Waals surface area contributed by atoms with E-state index in [0.29, 0.717) is 26.1 Å². The lowest BCUT2D eigenvalue weighted by molar-refractivity contribution is -0.0842. The molecule has 1 aliphatic carbocycles. The SMILES string of the molecule is OCC1(c2ccc(C(F)(F)C3CC3)cc2)COC1. The molecule has 1 aromatic rings. The van der Waals surface area contributed by atoms with Gasteiger partial charge in [-0.05, 0) is 18.4 Å². The molecule has 0 unspecified atom stereocenters. The molecule has 1 heterocycles. The molecule has 2 aliphatic rings. The average molecular weight is 254 g/mol. The summed E-state index contributed by atoms with van der Waals surface area (Å²) in [5, 5.41) is 9.39. The fourth-order valence-electron chi connectivity index (χ4n) is 2.43. The lowest BCUT2D eigenvalue weighted by atomic mass is 9.79. The molecule has 1 aliphatic heterocycles. The van der Waals surface area contributed by atoms with Crippen LogP contribution in [-0.4, -0.2) is 24.9 Å². The van der Waals surface area contributed by atoms with Gasteiger partial charge in [0.25, 0.3) is 5.92 Å². The van der Waals surface area contributed by atoms with Gasteiger partial charge < -0.3 is 9.84 Å². The van der Waals surface area contributed by atoms with Crippen molar-refractivity contribution >= 4 is 0 Å². The number of benzene rings is 1. The van der Waals surface area contributed by atoms with E-state index in [1.54, 1.807) is 12.1 Å². The lowest BCUT2D eigenvalue weighted by Crippen LogP contribution is -2.49. The lowest BCUT2D eigenvalue weighted by Gasteiger charge is -2.40. The zero-order valence-electron chi connectivity index (χ0n) is 10.0. The Labute approximate surface area is 105 Å². The van der Waals surface area contributed by atoms with Crippen molar-refractivity contribution in [3.8, 4) is 0 Å². The first-order valence-electron chi connectivity index (χ1n) is 6.26. The van der Waals surface area contributed by atoms with E-state index in [0.717, 1.165) is 5.56 Å². The monoisotopic (exact) mass is 254 g/mol. The molecular formula is C14H16F2O2. The van der Waals surface area contributed by atoms with Gasteiger partial charge >= 0.3 is 0 Å². The van der Waals surface area contributed by atoms with Crippen molar-refractivity contribution in [2.24, 2.45) is 5.92 Å². The average Bonchev–Trinajstić information content (AvgIpc) is 3.13. The summed E-state index contributed by atoms with van der Waals surface area (Å²) in [5.41, 5.74) is 0.585. The molecule has 1 N–H and O–H groups in total. The predicted molar refractivity (Wildman–Crippen MR) is 62.6 cm³/mol. The quantitative estimate of drug-likeness (QED) is 0.894. The van der Waals surface area contributed by atoms with Crippen molar-refractivity contribution in [1.82, 2.24) is 0 Å². The van der Waals surface area contributed by atoms with Crippen molar-refractivity contribution in [3.63, 3.8) is 0 Å². The predicted octanol–water partition coefficient (Wildman–Crippen LogP) is 2.45. The van der Waals surface area contributed by atoms with Crippen LogP contribution in [0.25, 0.3) is 0 Å². The smallest absolute Gasteiger partial charge is 0.276 e. The molecule has 98 valence electrons. The van der Waals surface area contributed by atoms with Crippen LogP contribution in [0.1, 0.15) is 24.0 Å². The Hall–Kier alpha value is -1.00. The largest absolute Gasteiger partial charge is 0.395 e. The number of hydrogen-bond donors (Lipinski definition) is 1.